The Balaban J connectivity index is 2.59. The van der Waals surface area contributed by atoms with Gasteiger partial charge in [0.05, 0.1) is 11.2 Å². The molecular weight excluding hydrogens is 210 g/mol. The van der Waals surface area contributed by atoms with Gasteiger partial charge in [0.2, 0.25) is 0 Å². The van der Waals surface area contributed by atoms with Crippen LogP contribution in [0.25, 0.3) is 5.52 Å². The second kappa shape index (κ2) is 4.88. The number of nitrogens with one attached hydrogen (secondary N) is 1. The molecule has 1 N–H and O–H groups in total. The maximum absolute atomic E-state index is 4.79. The van der Waals surface area contributed by atoms with Gasteiger partial charge in [0.15, 0.2) is 0 Å². The highest BCUT2D eigenvalue weighted by molar-refractivity contribution is 5.59. The van der Waals surface area contributed by atoms with Crippen LogP contribution in [0.3, 0.4) is 0 Å². The summed E-state index contributed by atoms with van der Waals surface area (Å²) in [7, 11) is 0. The number of hydrogen-bond acceptors (Lipinski definition) is 2. The summed E-state index contributed by atoms with van der Waals surface area (Å²) in [5.41, 5.74) is 3.71. The van der Waals surface area contributed by atoms with Gasteiger partial charge in [0.1, 0.15) is 5.82 Å². The summed E-state index contributed by atoms with van der Waals surface area (Å²) >= 11 is 0. The Morgan fingerprint density at radius 1 is 1.41 bits per heavy atom. The maximum Gasteiger partial charge on any atom is 0.116 e. The highest BCUT2D eigenvalue weighted by Crippen LogP contribution is 2.22. The highest BCUT2D eigenvalue weighted by atomic mass is 15.0. The van der Waals surface area contributed by atoms with Gasteiger partial charge >= 0.3 is 0 Å². The number of hydrogen-bond donors (Lipinski definition) is 1. The van der Waals surface area contributed by atoms with Crippen molar-refractivity contribution < 1.29 is 0 Å². The van der Waals surface area contributed by atoms with Crippen molar-refractivity contribution in [2.75, 3.05) is 6.54 Å². The largest absolute Gasteiger partial charge is 0.311 e. The predicted molar refractivity (Wildman–Crippen MR) is 71.4 cm³/mol. The van der Waals surface area contributed by atoms with Crippen LogP contribution in [0.4, 0.5) is 0 Å². The van der Waals surface area contributed by atoms with Crippen LogP contribution in [-0.4, -0.2) is 15.9 Å². The van der Waals surface area contributed by atoms with Gasteiger partial charge in [-0.2, -0.15) is 0 Å². The number of nitrogens with zero attached hydrogens (tertiary/aromatic N) is 2. The van der Waals surface area contributed by atoms with Crippen molar-refractivity contribution in [1.82, 2.24) is 14.7 Å². The van der Waals surface area contributed by atoms with Crippen molar-refractivity contribution in [2.45, 2.75) is 40.2 Å². The first-order valence-electron chi connectivity index (χ1n) is 6.32. The molecule has 0 saturated heterocycles. The van der Waals surface area contributed by atoms with E-state index in [2.05, 4.69) is 55.7 Å². The normalized spacial score (nSPS) is 11.6. The van der Waals surface area contributed by atoms with E-state index in [0.717, 1.165) is 24.6 Å². The van der Waals surface area contributed by atoms with Gasteiger partial charge in [-0.1, -0.05) is 26.8 Å². The maximum atomic E-state index is 4.79. The van der Waals surface area contributed by atoms with E-state index in [1.807, 2.05) is 0 Å². The zero-order chi connectivity index (χ0) is 12.4. The minimum absolute atomic E-state index is 0.444. The van der Waals surface area contributed by atoms with Gasteiger partial charge in [-0.3, -0.25) is 0 Å². The van der Waals surface area contributed by atoms with E-state index in [4.69, 9.17) is 4.98 Å². The molecule has 0 aliphatic rings. The van der Waals surface area contributed by atoms with Gasteiger partial charge in [-0.05, 0) is 25.1 Å². The Hall–Kier alpha value is -1.35. The summed E-state index contributed by atoms with van der Waals surface area (Å²) in [4.78, 5) is 4.79. The first-order chi connectivity index (χ1) is 8.15. The molecule has 2 heterocycles. The first kappa shape index (κ1) is 12.1. The molecule has 3 nitrogen and oxygen atoms in total. The van der Waals surface area contributed by atoms with Gasteiger partial charge in [0, 0.05) is 18.7 Å². The van der Waals surface area contributed by atoms with Crippen LogP contribution < -0.4 is 5.32 Å². The summed E-state index contributed by atoms with van der Waals surface area (Å²) in [6, 6.07) is 4.24. The molecule has 3 heteroatoms. The molecule has 2 rings (SSSR count). The Morgan fingerprint density at radius 3 is 2.82 bits per heavy atom. The van der Waals surface area contributed by atoms with Gasteiger partial charge < -0.3 is 9.72 Å². The van der Waals surface area contributed by atoms with E-state index in [1.165, 1.54) is 11.1 Å². The van der Waals surface area contributed by atoms with Crippen molar-refractivity contribution in [3.8, 4) is 0 Å². The summed E-state index contributed by atoms with van der Waals surface area (Å²) in [6.45, 7) is 10.5. The molecule has 0 spiro atoms. The fraction of sp³-hybridized carbons (Fsp3) is 0.500. The van der Waals surface area contributed by atoms with E-state index < -0.39 is 0 Å². The molecule has 0 bridgehead atoms. The molecule has 0 atom stereocenters. The van der Waals surface area contributed by atoms with Crippen LogP contribution >= 0.6 is 0 Å². The van der Waals surface area contributed by atoms with Crippen LogP contribution in [0, 0.1) is 6.92 Å². The molecule has 2 aromatic rings. The lowest BCUT2D eigenvalue weighted by molar-refractivity contribution is 0.707. The van der Waals surface area contributed by atoms with Gasteiger partial charge in [-0.15, -0.1) is 0 Å². The molecule has 0 radical (unpaired) electrons. The van der Waals surface area contributed by atoms with Gasteiger partial charge in [-0.25, -0.2) is 4.98 Å². The molecule has 92 valence electrons. The van der Waals surface area contributed by atoms with E-state index >= 15 is 0 Å². The lowest BCUT2D eigenvalue weighted by Gasteiger charge is -2.05. The molecule has 0 aliphatic heterocycles. The van der Waals surface area contributed by atoms with Crippen LogP contribution in [-0.2, 0) is 6.54 Å². The van der Waals surface area contributed by atoms with Crippen molar-refractivity contribution in [3.05, 3.63) is 35.4 Å². The van der Waals surface area contributed by atoms with Crippen molar-refractivity contribution in [1.29, 1.82) is 0 Å². The fourth-order valence-corrected chi connectivity index (χ4v) is 2.19. The Morgan fingerprint density at radius 2 is 2.18 bits per heavy atom. The van der Waals surface area contributed by atoms with Crippen molar-refractivity contribution in [2.24, 2.45) is 0 Å². The number of fused-ring (bicyclic) bond motifs is 1. The molecule has 0 unspecified atom stereocenters. The molecule has 0 saturated carbocycles. The van der Waals surface area contributed by atoms with Crippen LogP contribution in [0.15, 0.2) is 18.3 Å². The smallest absolute Gasteiger partial charge is 0.116 e. The number of imidazole rings is 1. The third kappa shape index (κ3) is 2.20. The van der Waals surface area contributed by atoms with Crippen molar-refractivity contribution in [3.63, 3.8) is 0 Å². The van der Waals surface area contributed by atoms with Crippen LogP contribution in [0.2, 0.25) is 0 Å². The molecule has 0 fully saturated rings. The number of pyridine rings is 1. The second-order valence-electron chi connectivity index (χ2n) is 4.76. The van der Waals surface area contributed by atoms with Crippen molar-refractivity contribution >= 4 is 5.52 Å². The summed E-state index contributed by atoms with van der Waals surface area (Å²) in [5.74, 6) is 1.59. The zero-order valence-corrected chi connectivity index (χ0v) is 11.1. The monoisotopic (exact) mass is 231 g/mol. The predicted octanol–water partition coefficient (Wildman–Crippen LogP) is 2.88. The minimum Gasteiger partial charge on any atom is -0.311 e. The van der Waals surface area contributed by atoms with E-state index in [1.54, 1.807) is 0 Å². The topological polar surface area (TPSA) is 29.3 Å². The first-order valence-corrected chi connectivity index (χ1v) is 6.32. The Kier molecular flexibility index (Phi) is 3.48. The summed E-state index contributed by atoms with van der Waals surface area (Å²) < 4.78 is 2.23. The second-order valence-corrected chi connectivity index (χ2v) is 4.76. The third-order valence-corrected chi connectivity index (χ3v) is 3.02. The fourth-order valence-electron chi connectivity index (χ4n) is 2.19. The molecular formula is C14H21N3. The SMILES string of the molecule is CCNCc1nc(C(C)C)n2cccc(C)c12. The molecule has 0 aliphatic carbocycles. The Labute approximate surface area is 103 Å². The average molecular weight is 231 g/mol. The van der Waals surface area contributed by atoms with Crippen LogP contribution in [0.1, 0.15) is 43.8 Å². The standard InChI is InChI=1S/C14H21N3/c1-5-15-9-12-13-11(4)7-6-8-17(13)14(16-12)10(2)3/h6-8,10,15H,5,9H2,1-4H3. The average Bonchev–Trinajstić information content (AvgIpc) is 2.67. The van der Waals surface area contributed by atoms with E-state index in [9.17, 15) is 0 Å². The summed E-state index contributed by atoms with van der Waals surface area (Å²) in [5, 5.41) is 3.36. The molecule has 17 heavy (non-hydrogen) atoms. The quantitative estimate of drug-likeness (QED) is 0.876. The number of aromatic nitrogens is 2. The molecule has 2 aromatic heterocycles. The molecule has 0 aromatic carbocycles. The lowest BCUT2D eigenvalue weighted by atomic mass is 10.2. The summed E-state index contributed by atoms with van der Waals surface area (Å²) in [6.07, 6.45) is 2.11. The van der Waals surface area contributed by atoms with Crippen LogP contribution in [0.5, 0.6) is 0 Å². The van der Waals surface area contributed by atoms with E-state index in [-0.39, 0.29) is 0 Å². The number of rotatable bonds is 4. The third-order valence-electron chi connectivity index (χ3n) is 3.02. The minimum atomic E-state index is 0.444. The van der Waals surface area contributed by atoms with Gasteiger partial charge in [0.25, 0.3) is 0 Å². The highest BCUT2D eigenvalue weighted by Gasteiger charge is 2.14. The zero-order valence-electron chi connectivity index (χ0n) is 11.1. The number of aryl methyl sites for hydroxylation is 1. The molecule has 0 amide bonds. The Bertz CT molecular complexity index is 511. The lowest BCUT2D eigenvalue weighted by Crippen LogP contribution is -2.12. The van der Waals surface area contributed by atoms with E-state index in [0.29, 0.717) is 5.92 Å².